The maximum atomic E-state index is 13.9. The number of thiophene rings is 1. The number of carbonyl (C=O) groups is 3. The first-order chi connectivity index (χ1) is 18.7. The number of thiazole rings is 1. The second-order valence-electron chi connectivity index (χ2n) is 9.52. The fourth-order valence-corrected chi connectivity index (χ4v) is 7.05. The van der Waals surface area contributed by atoms with E-state index in [1.165, 1.54) is 40.5 Å². The third-order valence-electron chi connectivity index (χ3n) is 6.58. The van der Waals surface area contributed by atoms with E-state index in [-0.39, 0.29) is 29.7 Å². The highest BCUT2D eigenvalue weighted by Gasteiger charge is 2.32. The standard InChI is InChI=1S/C28H32N4O4S3/c1-6-24(33)32-10-7-9-31(15-21(32)17(2)3)27(35)20-13-23(18(4)12-22(20)36-5)38-25-14-29-28(39-25)30-26(34)19-8-11-37-16-19/h6,8,11-14,16-17,21H,1,7,9-10,15H2,2-5H3,(H,29,30,34)/t21-/m0/s1. The van der Waals surface area contributed by atoms with Crippen LogP contribution in [-0.4, -0.2) is 65.3 Å². The smallest absolute Gasteiger partial charge is 0.258 e. The van der Waals surface area contributed by atoms with E-state index in [4.69, 9.17) is 4.74 Å². The van der Waals surface area contributed by atoms with Gasteiger partial charge in [0.25, 0.3) is 11.8 Å². The van der Waals surface area contributed by atoms with Gasteiger partial charge in [0, 0.05) is 29.9 Å². The molecule has 8 nitrogen and oxygen atoms in total. The van der Waals surface area contributed by atoms with Gasteiger partial charge in [0.05, 0.1) is 34.7 Å². The van der Waals surface area contributed by atoms with E-state index in [1.807, 2.05) is 34.2 Å². The number of amides is 3. The van der Waals surface area contributed by atoms with Crippen molar-refractivity contribution in [3.05, 3.63) is 64.5 Å². The molecule has 0 saturated carbocycles. The molecular formula is C28H32N4O4S3. The van der Waals surface area contributed by atoms with Gasteiger partial charge < -0.3 is 14.5 Å². The number of benzene rings is 1. The third kappa shape index (κ3) is 6.71. The molecule has 39 heavy (non-hydrogen) atoms. The summed E-state index contributed by atoms with van der Waals surface area (Å²) in [5, 5.41) is 7.00. The molecule has 1 aliphatic heterocycles. The minimum atomic E-state index is -0.193. The second-order valence-corrected chi connectivity index (χ2v) is 12.7. The van der Waals surface area contributed by atoms with Crippen molar-refractivity contribution in [2.45, 2.75) is 42.3 Å². The number of nitrogens with one attached hydrogen (secondary N) is 1. The van der Waals surface area contributed by atoms with Crippen molar-refractivity contribution in [1.29, 1.82) is 0 Å². The SMILES string of the molecule is C=CC(=O)N1CCCN(C(=O)c2cc(Sc3cnc(NC(=O)c4ccsc4)s3)c(C)cc2OC)C[C@H]1C(C)C. The number of hydrogen-bond acceptors (Lipinski definition) is 8. The van der Waals surface area contributed by atoms with Crippen LogP contribution in [0.25, 0.3) is 0 Å². The Kier molecular flexibility index (Phi) is 9.47. The summed E-state index contributed by atoms with van der Waals surface area (Å²) in [5.41, 5.74) is 2.04. The molecular weight excluding hydrogens is 553 g/mol. The Morgan fingerprint density at radius 1 is 1.28 bits per heavy atom. The number of aromatic nitrogens is 1. The molecule has 1 N–H and O–H groups in total. The lowest BCUT2D eigenvalue weighted by Gasteiger charge is -2.34. The van der Waals surface area contributed by atoms with E-state index in [0.29, 0.717) is 48.1 Å². The number of anilines is 1. The number of aryl methyl sites for hydroxylation is 1. The van der Waals surface area contributed by atoms with Gasteiger partial charge in [-0.15, -0.1) is 0 Å². The van der Waals surface area contributed by atoms with E-state index < -0.39 is 0 Å². The van der Waals surface area contributed by atoms with Crippen LogP contribution in [0.1, 0.15) is 46.5 Å². The molecule has 11 heteroatoms. The normalized spacial score (nSPS) is 15.7. The van der Waals surface area contributed by atoms with Gasteiger partial charge in [-0.25, -0.2) is 4.98 Å². The lowest BCUT2D eigenvalue weighted by molar-refractivity contribution is -0.129. The van der Waals surface area contributed by atoms with E-state index >= 15 is 0 Å². The molecule has 4 rings (SSSR count). The summed E-state index contributed by atoms with van der Waals surface area (Å²) in [5.74, 6) is 0.264. The number of carbonyl (C=O) groups excluding carboxylic acids is 3. The van der Waals surface area contributed by atoms with Crippen molar-refractivity contribution in [2.24, 2.45) is 5.92 Å². The Balaban J connectivity index is 1.55. The zero-order chi connectivity index (χ0) is 28.1. The van der Waals surface area contributed by atoms with E-state index in [2.05, 4.69) is 30.7 Å². The molecule has 0 radical (unpaired) electrons. The highest BCUT2D eigenvalue weighted by Crippen LogP contribution is 2.38. The molecule has 1 saturated heterocycles. The minimum absolute atomic E-state index is 0.104. The predicted molar refractivity (Wildman–Crippen MR) is 157 cm³/mol. The molecule has 206 valence electrons. The molecule has 0 unspecified atom stereocenters. The number of nitrogens with zero attached hydrogens (tertiary/aromatic N) is 3. The molecule has 1 aromatic carbocycles. The van der Waals surface area contributed by atoms with Crippen LogP contribution in [0.4, 0.5) is 5.13 Å². The van der Waals surface area contributed by atoms with Gasteiger partial charge in [0.2, 0.25) is 5.91 Å². The van der Waals surface area contributed by atoms with Crippen LogP contribution in [0, 0.1) is 12.8 Å². The maximum absolute atomic E-state index is 13.9. The zero-order valence-electron chi connectivity index (χ0n) is 22.4. The van der Waals surface area contributed by atoms with E-state index in [0.717, 1.165) is 14.7 Å². The Hall–Kier alpha value is -3.15. The first-order valence-electron chi connectivity index (χ1n) is 12.6. The summed E-state index contributed by atoms with van der Waals surface area (Å²) >= 11 is 4.33. The molecule has 2 aromatic heterocycles. The average molecular weight is 585 g/mol. The Bertz CT molecular complexity index is 1350. The van der Waals surface area contributed by atoms with Gasteiger partial charge in [0.1, 0.15) is 5.75 Å². The third-order valence-corrected chi connectivity index (χ3v) is 9.43. The molecule has 3 aromatic rings. The first kappa shape index (κ1) is 28.8. The quantitative estimate of drug-likeness (QED) is 0.336. The molecule has 0 aliphatic carbocycles. The number of hydrogen-bond donors (Lipinski definition) is 1. The summed E-state index contributed by atoms with van der Waals surface area (Å²) in [6.45, 7) is 11.3. The number of methoxy groups -OCH3 is 1. The van der Waals surface area contributed by atoms with Crippen LogP contribution in [0.15, 0.2) is 56.9 Å². The largest absolute Gasteiger partial charge is 0.496 e. The van der Waals surface area contributed by atoms with Crippen LogP contribution >= 0.6 is 34.4 Å². The van der Waals surface area contributed by atoms with Crippen molar-refractivity contribution < 1.29 is 19.1 Å². The first-order valence-corrected chi connectivity index (χ1v) is 15.2. The van der Waals surface area contributed by atoms with Gasteiger partial charge in [-0.1, -0.05) is 43.5 Å². The van der Waals surface area contributed by atoms with Crippen molar-refractivity contribution in [3.63, 3.8) is 0 Å². The molecule has 1 atom stereocenters. The molecule has 0 spiro atoms. The lowest BCUT2D eigenvalue weighted by atomic mass is 10.0. The van der Waals surface area contributed by atoms with E-state index in [1.54, 1.807) is 24.8 Å². The zero-order valence-corrected chi connectivity index (χ0v) is 24.9. The summed E-state index contributed by atoms with van der Waals surface area (Å²) in [6.07, 6.45) is 3.75. The molecule has 3 heterocycles. The highest BCUT2D eigenvalue weighted by molar-refractivity contribution is 8.01. The van der Waals surface area contributed by atoms with Gasteiger partial charge in [-0.2, -0.15) is 11.3 Å². The average Bonchev–Trinajstić information content (AvgIpc) is 3.56. The van der Waals surface area contributed by atoms with Gasteiger partial charge in [-0.3, -0.25) is 19.7 Å². The van der Waals surface area contributed by atoms with Crippen molar-refractivity contribution in [1.82, 2.24) is 14.8 Å². The lowest BCUT2D eigenvalue weighted by Crippen LogP contribution is -2.47. The maximum Gasteiger partial charge on any atom is 0.258 e. The van der Waals surface area contributed by atoms with Crippen LogP contribution in [-0.2, 0) is 4.79 Å². The Morgan fingerprint density at radius 3 is 2.74 bits per heavy atom. The Morgan fingerprint density at radius 2 is 2.08 bits per heavy atom. The van der Waals surface area contributed by atoms with Crippen LogP contribution < -0.4 is 10.1 Å². The van der Waals surface area contributed by atoms with Gasteiger partial charge in [-0.05, 0) is 54.5 Å². The summed E-state index contributed by atoms with van der Waals surface area (Å²) in [4.78, 5) is 47.7. The summed E-state index contributed by atoms with van der Waals surface area (Å²) in [7, 11) is 1.56. The Labute approximate surface area is 241 Å². The molecule has 0 bridgehead atoms. The molecule has 3 amide bonds. The highest BCUT2D eigenvalue weighted by atomic mass is 32.2. The van der Waals surface area contributed by atoms with E-state index in [9.17, 15) is 14.4 Å². The fourth-order valence-electron chi connectivity index (χ4n) is 4.47. The fraction of sp³-hybridized carbons (Fsp3) is 0.357. The van der Waals surface area contributed by atoms with Crippen molar-refractivity contribution in [3.8, 4) is 5.75 Å². The number of rotatable bonds is 8. The topological polar surface area (TPSA) is 91.8 Å². The van der Waals surface area contributed by atoms with Crippen molar-refractivity contribution >= 4 is 57.3 Å². The molecule has 1 aliphatic rings. The minimum Gasteiger partial charge on any atom is -0.496 e. The van der Waals surface area contributed by atoms with Crippen LogP contribution in [0.2, 0.25) is 0 Å². The summed E-state index contributed by atoms with van der Waals surface area (Å²) in [6, 6.07) is 5.41. The number of ether oxygens (including phenoxy) is 1. The van der Waals surface area contributed by atoms with Crippen LogP contribution in [0.3, 0.4) is 0 Å². The summed E-state index contributed by atoms with van der Waals surface area (Å²) < 4.78 is 6.50. The second kappa shape index (κ2) is 12.8. The predicted octanol–water partition coefficient (Wildman–Crippen LogP) is 5.81. The van der Waals surface area contributed by atoms with Crippen molar-refractivity contribution in [2.75, 3.05) is 32.1 Å². The van der Waals surface area contributed by atoms with Gasteiger partial charge in [0.15, 0.2) is 5.13 Å². The van der Waals surface area contributed by atoms with Crippen LogP contribution in [0.5, 0.6) is 5.75 Å². The molecule has 1 fully saturated rings. The monoisotopic (exact) mass is 584 g/mol. The van der Waals surface area contributed by atoms with Gasteiger partial charge >= 0.3 is 0 Å².